The molecule has 3 saturated carbocycles. The Bertz CT molecular complexity index is 4260. The predicted molar refractivity (Wildman–Crippen MR) is 429 cm³/mol. The second kappa shape index (κ2) is 41.9. The lowest BCUT2D eigenvalue weighted by Crippen LogP contribution is -2.61. The zero-order valence-electron chi connectivity index (χ0n) is 67.5. The molecule has 2 saturated heterocycles. The third kappa shape index (κ3) is 24.2. The van der Waals surface area contributed by atoms with Gasteiger partial charge in [-0.25, -0.2) is 4.98 Å². The Labute approximate surface area is 675 Å². The quantitative estimate of drug-likeness (QED) is 0.0107. The van der Waals surface area contributed by atoms with Gasteiger partial charge in [-0.1, -0.05) is 76.4 Å². The summed E-state index contributed by atoms with van der Waals surface area (Å²) >= 11 is 0. The highest BCUT2D eigenvalue weighted by Crippen LogP contribution is 2.65. The van der Waals surface area contributed by atoms with E-state index in [0.29, 0.717) is 77.5 Å². The molecule has 5 fully saturated rings. The van der Waals surface area contributed by atoms with Gasteiger partial charge in [0.2, 0.25) is 59.1 Å². The summed E-state index contributed by atoms with van der Waals surface area (Å²) in [5.74, 6) is -2.98. The standard InChI is InChI=1S/C59H84N16O12.C22H28O3.C2H4O2/c1-6-63-57(86)48-14-10-22-75(48)58(87)41(13-9-21-64-59(60)61)68-51(80)42(23-32(2)3)69-52(81)43(24-33(4)5)70-53(82)44(25-34-15-17-37(77)18-16-34)71-56(85)47(30-76)74-54(83)45(26-35-28-65-39-12-8-7-11-38(35)39)72-55(84)46(27-36-29-62-31-66-36)73-50(79)40-19-20-49(78)67-40;1-4-22(25-14(2)23)12-10-20-19-7-5-15-13-16(24)6-8-17(15)18(19)9-11-21(20,22)3;1-2(3)4/h7-8,11-12,15-18,28-29,31-33,40-48,65,76-77H,6,9-10,13-14,19-27,30H2,1-5H3,(H,62,66)(H,63,86)(H,67,78)(H,68,80)(H,69,81)(H,70,82)(H,71,85)(H,72,84)(H,73,79)(H,74,83)(H4,60,61,64);1,13,17-20H,5-12H2,2-3H3;1H3,(H,3,4)/t40-,41-,42-,43+,44-,45-,46-,47-,48-;17-,18+,19+,20-,21-,22-;/m00./s1. The number of aromatic hydroxyl groups is 1. The molecule has 10 amide bonds. The molecule has 33 heteroatoms. The largest absolute Gasteiger partial charge is 0.508 e. The summed E-state index contributed by atoms with van der Waals surface area (Å²) in [6.07, 6.45) is 21.6. The highest BCUT2D eigenvalue weighted by molar-refractivity contribution is 6.00. The number of likely N-dealkylation sites (tertiary alicyclic amines) is 1. The lowest BCUT2D eigenvalue weighted by atomic mass is 9.50. The number of amides is 10. The van der Waals surface area contributed by atoms with Gasteiger partial charge in [0.05, 0.1) is 12.9 Å². The highest BCUT2D eigenvalue weighted by atomic mass is 16.6. The Hall–Kier alpha value is -11.2. The van der Waals surface area contributed by atoms with Gasteiger partial charge >= 0.3 is 5.97 Å². The van der Waals surface area contributed by atoms with Gasteiger partial charge in [0.15, 0.2) is 17.3 Å². The van der Waals surface area contributed by atoms with Crippen molar-refractivity contribution in [3.05, 3.63) is 95.7 Å². The molecule has 2 aromatic carbocycles. The number of likely N-dealkylation sites (N-methyl/N-ethyl adjacent to an activating group) is 1. The highest BCUT2D eigenvalue weighted by Gasteiger charge is 2.64. The molecule has 0 spiro atoms. The van der Waals surface area contributed by atoms with E-state index in [9.17, 15) is 67.7 Å². The molecule has 33 nitrogen and oxygen atoms in total. The number of aliphatic carboxylic acids is 1. The number of imidazole rings is 1. The van der Waals surface area contributed by atoms with Crippen molar-refractivity contribution in [2.45, 2.75) is 237 Å². The molecule has 4 aliphatic carbocycles. The number of hydrogen-bond acceptors (Lipinski definition) is 18. The number of carbonyl (C=O) groups is 13. The van der Waals surface area contributed by atoms with E-state index in [4.69, 9.17) is 32.5 Å². The van der Waals surface area contributed by atoms with Crippen LogP contribution < -0.4 is 59.3 Å². The number of carboxylic acids is 1. The summed E-state index contributed by atoms with van der Waals surface area (Å²) in [6, 6.07) is 1.58. The first-order valence-electron chi connectivity index (χ1n) is 40.2. The Kier molecular flexibility index (Phi) is 32.7. The first-order chi connectivity index (χ1) is 55.2. The minimum atomic E-state index is -1.75. The number of hydrogen-bond donors (Lipinski definition) is 16. The zero-order chi connectivity index (χ0) is 84.7. The number of guanidine groups is 1. The van der Waals surface area contributed by atoms with Crippen LogP contribution in [0.2, 0.25) is 0 Å². The second-order valence-corrected chi connectivity index (χ2v) is 32.2. The summed E-state index contributed by atoms with van der Waals surface area (Å²) < 4.78 is 5.79. The number of nitrogens with zero attached hydrogens (tertiary/aromatic N) is 3. The molecule has 15 atom stereocenters. The maximum Gasteiger partial charge on any atom is 0.304 e. The average Bonchev–Trinajstić information content (AvgIpc) is 1.53. The van der Waals surface area contributed by atoms with Gasteiger partial charge in [-0.3, -0.25) is 67.3 Å². The van der Waals surface area contributed by atoms with Gasteiger partial charge in [-0.05, 0) is 168 Å². The number of aliphatic imine (C=N–C) groups is 1. The first kappa shape index (κ1) is 90.4. The van der Waals surface area contributed by atoms with Crippen LogP contribution in [0.1, 0.15) is 175 Å². The number of ether oxygens (including phenoxy) is 1. The number of para-hydroxylation sites is 1. The molecule has 4 heterocycles. The molecule has 4 aromatic rings. The minimum Gasteiger partial charge on any atom is -0.508 e. The fraction of sp³-hybridized carbons (Fsp3) is 0.578. The predicted octanol–water partition coefficient (Wildman–Crippen LogP) is 2.72. The number of carbonyl (C=O) groups excluding carboxylic acids is 12. The number of ketones is 1. The van der Waals surface area contributed by atoms with Crippen molar-refractivity contribution in [2.75, 3.05) is 26.2 Å². The molecule has 18 N–H and O–H groups in total. The summed E-state index contributed by atoms with van der Waals surface area (Å²) in [5, 5.41) is 53.3. The van der Waals surface area contributed by atoms with E-state index in [2.05, 4.69) is 80.6 Å². The third-order valence-electron chi connectivity index (χ3n) is 22.9. The Morgan fingerprint density at radius 2 is 1.31 bits per heavy atom. The van der Waals surface area contributed by atoms with Gasteiger partial charge in [0, 0.05) is 100.0 Å². The van der Waals surface area contributed by atoms with Crippen molar-refractivity contribution in [1.82, 2.24) is 67.7 Å². The fourth-order valence-corrected chi connectivity index (χ4v) is 17.4. The summed E-state index contributed by atoms with van der Waals surface area (Å²) in [7, 11) is 0. The first-order valence-corrected chi connectivity index (χ1v) is 40.2. The number of nitrogens with two attached hydrogens (primary N) is 2. The van der Waals surface area contributed by atoms with Crippen molar-refractivity contribution in [3.63, 3.8) is 0 Å². The number of aliphatic hydroxyl groups excluding tert-OH is 1. The molecular formula is C83H116N16O17. The third-order valence-corrected chi connectivity index (χ3v) is 22.9. The maximum absolute atomic E-state index is 14.7. The van der Waals surface area contributed by atoms with Crippen molar-refractivity contribution < 1.29 is 82.4 Å². The van der Waals surface area contributed by atoms with E-state index >= 15 is 0 Å². The SMILES string of the molecule is C#C[C@]1(OC(C)=O)CC[C@H]2[C@@H]3CCC4=CC(=O)CC[C@@H]4[C@H]3CC[C@@]21C.CC(=O)O.CCNC(=O)[C@@H]1CCCN1C(=O)[C@H](CCCN=C(N)N)NC(=O)[C@H](CC(C)C)NC(=O)[C@@H](CC(C)C)NC(=O)[C@H](Cc1ccc(O)cc1)NC(=O)[C@H](CO)NC(=O)[C@H](Cc1c[nH]c2ccccc12)NC(=O)[C@H](Cc1cnc[nH]1)NC(=O)[C@@H]1CCC(=O)N1. The second-order valence-electron chi connectivity index (χ2n) is 32.2. The maximum atomic E-state index is 14.7. The number of H-pyrrole nitrogens is 2. The molecule has 0 bridgehead atoms. The smallest absolute Gasteiger partial charge is 0.304 e. The number of esters is 1. The van der Waals surface area contributed by atoms with Crippen LogP contribution in [0.15, 0.2) is 83.9 Å². The number of aliphatic hydroxyl groups is 1. The molecular weight excluding hydrogens is 1490 g/mol. The summed E-state index contributed by atoms with van der Waals surface area (Å²) in [5.41, 5.74) is 13.9. The van der Waals surface area contributed by atoms with Crippen molar-refractivity contribution in [1.29, 1.82) is 0 Å². The number of terminal acetylenes is 1. The number of phenolic OH excluding ortho intramolecular Hbond substituents is 1. The van der Waals surface area contributed by atoms with Crippen LogP contribution in [0.25, 0.3) is 10.9 Å². The number of phenols is 1. The van der Waals surface area contributed by atoms with E-state index < -0.39 is 120 Å². The van der Waals surface area contributed by atoms with Crippen molar-refractivity contribution in [3.8, 4) is 18.1 Å². The number of nitrogens with one attached hydrogen (secondary N) is 11. The Balaban J connectivity index is 0.000000479. The van der Waals surface area contributed by atoms with Gasteiger partial charge in [-0.15, -0.1) is 6.42 Å². The average molecular weight is 1610 g/mol. The summed E-state index contributed by atoms with van der Waals surface area (Å²) in [4.78, 5) is 188. The number of fused-ring (bicyclic) bond motifs is 6. The fourth-order valence-electron chi connectivity index (χ4n) is 17.4. The molecule has 630 valence electrons. The van der Waals surface area contributed by atoms with Crippen molar-refractivity contribution in [2.24, 2.45) is 57.4 Å². The van der Waals surface area contributed by atoms with Crippen LogP contribution in [0.4, 0.5) is 0 Å². The monoisotopic (exact) mass is 1610 g/mol. The number of aromatic nitrogens is 3. The molecule has 10 rings (SSSR count). The lowest BCUT2D eigenvalue weighted by Gasteiger charge is -2.55. The Morgan fingerprint density at radius 1 is 0.707 bits per heavy atom. The molecule has 0 unspecified atom stereocenters. The van der Waals surface area contributed by atoms with Gasteiger partial charge in [-0.2, -0.15) is 0 Å². The number of benzene rings is 2. The van der Waals surface area contributed by atoms with Crippen LogP contribution in [-0.2, 0) is 86.3 Å². The lowest BCUT2D eigenvalue weighted by molar-refractivity contribution is -0.167. The van der Waals surface area contributed by atoms with E-state index in [0.717, 1.165) is 57.4 Å². The van der Waals surface area contributed by atoms with E-state index in [1.807, 2.05) is 26.0 Å². The number of aromatic amines is 2. The van der Waals surface area contributed by atoms with Gasteiger partial charge in [0.25, 0.3) is 5.97 Å². The molecule has 2 aromatic heterocycles. The van der Waals surface area contributed by atoms with E-state index in [1.54, 1.807) is 45.2 Å². The van der Waals surface area contributed by atoms with Gasteiger partial charge in [0.1, 0.15) is 60.1 Å². The van der Waals surface area contributed by atoms with Crippen LogP contribution in [0, 0.1) is 53.3 Å². The molecule has 116 heavy (non-hydrogen) atoms. The van der Waals surface area contributed by atoms with Crippen LogP contribution in [0.5, 0.6) is 5.75 Å². The Morgan fingerprint density at radius 3 is 1.90 bits per heavy atom. The van der Waals surface area contributed by atoms with E-state index in [-0.39, 0.29) is 118 Å². The van der Waals surface area contributed by atoms with Gasteiger partial charge < -0.3 is 94.2 Å². The minimum absolute atomic E-state index is 0.0397. The van der Waals surface area contributed by atoms with Crippen LogP contribution in [0.3, 0.4) is 0 Å². The molecule has 6 aliphatic rings. The van der Waals surface area contributed by atoms with Crippen molar-refractivity contribution >= 4 is 93.7 Å². The normalized spacial score (nSPS) is 22.9. The topological polar surface area (TPSA) is 512 Å². The van der Waals surface area contributed by atoms with Crippen LogP contribution >= 0.6 is 0 Å². The van der Waals surface area contributed by atoms with Crippen LogP contribution in [-0.4, -0.2) is 204 Å². The number of carboxylic acid groups (broad SMARTS) is 1. The number of allylic oxidation sites excluding steroid dienone is 1. The van der Waals surface area contributed by atoms with E-state index in [1.165, 1.54) is 54.2 Å². The molecule has 0 radical (unpaired) electrons. The number of rotatable bonds is 33. The molecule has 2 aliphatic heterocycles. The zero-order valence-corrected chi connectivity index (χ0v) is 67.5. The summed E-state index contributed by atoms with van der Waals surface area (Å²) in [6.45, 7) is 13.6.